The molecule has 1 spiro atoms. The van der Waals surface area contributed by atoms with E-state index < -0.39 is 29.4 Å². The number of hydrogen-bond acceptors (Lipinski definition) is 6. The van der Waals surface area contributed by atoms with E-state index in [1.54, 1.807) is 48.5 Å². The van der Waals surface area contributed by atoms with Gasteiger partial charge in [-0.1, -0.05) is 60.2 Å². The van der Waals surface area contributed by atoms with Gasteiger partial charge in [-0.05, 0) is 71.8 Å². The Hall–Kier alpha value is -5.01. The van der Waals surface area contributed by atoms with Gasteiger partial charge in [-0.3, -0.25) is 19.2 Å². The van der Waals surface area contributed by atoms with Crippen LogP contribution in [0.1, 0.15) is 38.8 Å². The van der Waals surface area contributed by atoms with Gasteiger partial charge in [0.1, 0.15) is 17.2 Å². The third-order valence-corrected chi connectivity index (χ3v) is 8.87. The molecule has 0 bridgehead atoms. The lowest BCUT2D eigenvalue weighted by Crippen LogP contribution is -2.51. The Bertz CT molecular complexity index is 1850. The molecule has 3 heterocycles. The summed E-state index contributed by atoms with van der Waals surface area (Å²) < 4.78 is 5.18. The maximum Gasteiger partial charge on any atom is 0.308 e. The second-order valence-corrected chi connectivity index (χ2v) is 11.4. The first-order valence-corrected chi connectivity index (χ1v) is 14.3. The summed E-state index contributed by atoms with van der Waals surface area (Å²) in [5.74, 6) is -2.27. The lowest BCUT2D eigenvalue weighted by Gasteiger charge is -2.37. The van der Waals surface area contributed by atoms with Crippen molar-refractivity contribution >= 4 is 52.5 Å². The highest BCUT2D eigenvalue weighted by Gasteiger charge is 2.70. The standard InChI is InChI=1S/C35H25ClN2O5/c1-20(39)43-25-17-12-23(13-18-25)33(41)31-30(32(40)22-10-15-24(36)16-11-22)35(26-7-3-4-8-27(26)37-34(35)42)29-19-14-21-6-2-5-9-28(21)38(29)31/h2-19,29-31H,1H3,(H,37,42)/t29-,30-,31+,35-/m1/s1. The van der Waals surface area contributed by atoms with Crippen molar-refractivity contribution in [2.24, 2.45) is 5.92 Å². The molecule has 8 heteroatoms. The lowest BCUT2D eigenvalue weighted by atomic mass is 9.64. The van der Waals surface area contributed by atoms with Crippen molar-refractivity contribution < 1.29 is 23.9 Å². The van der Waals surface area contributed by atoms with Crippen LogP contribution in [-0.2, 0) is 15.0 Å². The average Bonchev–Trinajstić information content (AvgIpc) is 3.49. The Labute approximate surface area is 252 Å². The first-order chi connectivity index (χ1) is 20.8. The van der Waals surface area contributed by atoms with Crippen LogP contribution in [0.2, 0.25) is 5.02 Å². The minimum Gasteiger partial charge on any atom is -0.427 e. The van der Waals surface area contributed by atoms with E-state index in [2.05, 4.69) is 5.32 Å². The molecule has 43 heavy (non-hydrogen) atoms. The topological polar surface area (TPSA) is 92.8 Å². The van der Waals surface area contributed by atoms with Gasteiger partial charge in [0.25, 0.3) is 0 Å². The molecule has 4 aromatic rings. The molecular formula is C35H25ClN2O5. The van der Waals surface area contributed by atoms with Gasteiger partial charge in [0.2, 0.25) is 5.91 Å². The third kappa shape index (κ3) is 4.03. The highest BCUT2D eigenvalue weighted by molar-refractivity contribution is 6.30. The molecule has 3 aliphatic heterocycles. The van der Waals surface area contributed by atoms with E-state index in [0.717, 1.165) is 11.3 Å². The van der Waals surface area contributed by atoms with Crippen LogP contribution in [0.4, 0.5) is 11.4 Å². The number of ether oxygens (including phenoxy) is 1. The first kappa shape index (κ1) is 26.9. The van der Waals surface area contributed by atoms with E-state index in [0.29, 0.717) is 33.1 Å². The summed E-state index contributed by atoms with van der Waals surface area (Å²) in [7, 11) is 0. The van der Waals surface area contributed by atoms with Crippen molar-refractivity contribution in [3.05, 3.63) is 130 Å². The van der Waals surface area contributed by atoms with E-state index in [1.807, 2.05) is 65.6 Å². The third-order valence-electron chi connectivity index (χ3n) is 8.62. The number of anilines is 2. The molecule has 7 rings (SSSR count). The van der Waals surface area contributed by atoms with E-state index >= 15 is 0 Å². The maximum absolute atomic E-state index is 14.8. The molecule has 1 amide bonds. The lowest BCUT2D eigenvalue weighted by molar-refractivity contribution is -0.131. The fourth-order valence-electron chi connectivity index (χ4n) is 6.94. The van der Waals surface area contributed by atoms with Crippen molar-refractivity contribution in [2.75, 3.05) is 10.2 Å². The summed E-state index contributed by atoms with van der Waals surface area (Å²) >= 11 is 6.17. The zero-order valence-electron chi connectivity index (χ0n) is 23.0. The zero-order valence-corrected chi connectivity index (χ0v) is 23.7. The minimum absolute atomic E-state index is 0.300. The number of carbonyl (C=O) groups is 4. The number of halogens is 1. The van der Waals surface area contributed by atoms with Crippen LogP contribution in [0, 0.1) is 5.92 Å². The predicted molar refractivity (Wildman–Crippen MR) is 164 cm³/mol. The number of esters is 1. The molecule has 1 fully saturated rings. The molecule has 1 N–H and O–H groups in total. The van der Waals surface area contributed by atoms with Crippen LogP contribution in [0.25, 0.3) is 6.08 Å². The summed E-state index contributed by atoms with van der Waals surface area (Å²) in [5.41, 5.74) is 2.20. The quantitative estimate of drug-likeness (QED) is 0.171. The Kier molecular flexibility index (Phi) is 6.29. The summed E-state index contributed by atoms with van der Waals surface area (Å²) in [6.07, 6.45) is 3.89. The van der Waals surface area contributed by atoms with Crippen LogP contribution in [-0.4, -0.2) is 35.5 Å². The highest BCUT2D eigenvalue weighted by atomic mass is 35.5. The largest absolute Gasteiger partial charge is 0.427 e. The predicted octanol–water partition coefficient (Wildman–Crippen LogP) is 6.12. The van der Waals surface area contributed by atoms with Crippen molar-refractivity contribution in [1.29, 1.82) is 0 Å². The molecule has 0 saturated carbocycles. The molecule has 7 nitrogen and oxygen atoms in total. The van der Waals surface area contributed by atoms with E-state index in [4.69, 9.17) is 16.3 Å². The van der Waals surface area contributed by atoms with Gasteiger partial charge in [0.15, 0.2) is 11.6 Å². The number of nitrogens with one attached hydrogen (secondary N) is 1. The Morgan fingerprint density at radius 3 is 2.23 bits per heavy atom. The monoisotopic (exact) mass is 588 g/mol. The Balaban J connectivity index is 1.48. The van der Waals surface area contributed by atoms with Crippen molar-refractivity contribution in [3.63, 3.8) is 0 Å². The number of carbonyl (C=O) groups excluding carboxylic acids is 4. The molecule has 0 unspecified atom stereocenters. The number of amides is 1. The zero-order chi connectivity index (χ0) is 29.9. The van der Waals surface area contributed by atoms with Crippen LogP contribution >= 0.6 is 11.6 Å². The second kappa shape index (κ2) is 10.1. The second-order valence-electron chi connectivity index (χ2n) is 10.9. The SMILES string of the molecule is CC(=O)Oc1ccc(C(=O)[C@@H]2[C@H](C(=O)c3ccc(Cl)cc3)[C@]3(C(=O)Nc4ccccc43)[C@H]3C=Cc4ccccc4N23)cc1. The fourth-order valence-corrected chi connectivity index (χ4v) is 7.06. The Morgan fingerprint density at radius 1 is 0.837 bits per heavy atom. The van der Waals surface area contributed by atoms with Crippen LogP contribution < -0.4 is 15.0 Å². The first-order valence-electron chi connectivity index (χ1n) is 13.9. The Morgan fingerprint density at radius 2 is 1.49 bits per heavy atom. The summed E-state index contributed by atoms with van der Waals surface area (Å²) in [6, 6.07) is 26.1. The average molecular weight is 589 g/mol. The number of rotatable bonds is 5. The van der Waals surface area contributed by atoms with E-state index in [9.17, 15) is 19.2 Å². The summed E-state index contributed by atoms with van der Waals surface area (Å²) in [5, 5.41) is 3.49. The molecular weight excluding hydrogens is 564 g/mol. The number of Topliss-reactive ketones (excluding diaryl/α,β-unsaturated/α-hetero) is 2. The molecule has 212 valence electrons. The van der Waals surface area contributed by atoms with Gasteiger partial charge in [-0.2, -0.15) is 0 Å². The molecule has 0 aromatic heterocycles. The molecule has 0 radical (unpaired) electrons. The van der Waals surface area contributed by atoms with E-state index in [1.165, 1.54) is 6.92 Å². The van der Waals surface area contributed by atoms with Crippen LogP contribution in [0.3, 0.4) is 0 Å². The molecule has 1 saturated heterocycles. The smallest absolute Gasteiger partial charge is 0.308 e. The fraction of sp³-hybridized carbons (Fsp3) is 0.143. The number of fused-ring (bicyclic) bond motifs is 6. The van der Waals surface area contributed by atoms with E-state index in [-0.39, 0.29) is 17.5 Å². The van der Waals surface area contributed by atoms with Gasteiger partial charge in [0.05, 0.1) is 12.0 Å². The van der Waals surface area contributed by atoms with Gasteiger partial charge >= 0.3 is 5.97 Å². The summed E-state index contributed by atoms with van der Waals surface area (Å²) in [4.78, 5) is 57.3. The van der Waals surface area contributed by atoms with Crippen molar-refractivity contribution in [1.82, 2.24) is 0 Å². The van der Waals surface area contributed by atoms with Crippen molar-refractivity contribution in [3.8, 4) is 5.75 Å². The number of para-hydroxylation sites is 2. The number of benzene rings is 4. The normalized spacial score (nSPS) is 22.9. The summed E-state index contributed by atoms with van der Waals surface area (Å²) in [6.45, 7) is 1.30. The maximum atomic E-state index is 14.8. The van der Waals surface area contributed by atoms with Gasteiger partial charge in [-0.25, -0.2) is 0 Å². The van der Waals surface area contributed by atoms with Gasteiger partial charge < -0.3 is 15.0 Å². The molecule has 4 atom stereocenters. The molecule has 3 aliphatic rings. The minimum atomic E-state index is -1.41. The number of hydrogen-bond donors (Lipinski definition) is 1. The van der Waals surface area contributed by atoms with Gasteiger partial charge in [-0.15, -0.1) is 0 Å². The molecule has 0 aliphatic carbocycles. The highest BCUT2D eigenvalue weighted by Crippen LogP contribution is 2.58. The van der Waals surface area contributed by atoms with Crippen molar-refractivity contribution in [2.45, 2.75) is 24.4 Å². The van der Waals surface area contributed by atoms with Crippen LogP contribution in [0.15, 0.2) is 103 Å². The number of nitrogens with zero attached hydrogens (tertiary/aromatic N) is 1. The van der Waals surface area contributed by atoms with Crippen LogP contribution in [0.5, 0.6) is 5.75 Å². The van der Waals surface area contributed by atoms with Gasteiger partial charge in [0, 0.05) is 34.4 Å². The molecule has 4 aromatic carbocycles. The number of ketones is 2.